The van der Waals surface area contributed by atoms with E-state index in [0.29, 0.717) is 6.04 Å². The van der Waals surface area contributed by atoms with Gasteiger partial charge in [-0.2, -0.15) is 0 Å². The fourth-order valence-corrected chi connectivity index (χ4v) is 2.85. The van der Waals surface area contributed by atoms with Crippen molar-refractivity contribution in [2.24, 2.45) is 0 Å². The topological polar surface area (TPSA) is 33.1 Å². The number of rotatable bonds is 7. The monoisotopic (exact) mass is 264 g/mol. The minimum absolute atomic E-state index is 0.677. The van der Waals surface area contributed by atoms with Gasteiger partial charge in [-0.1, -0.05) is 20.3 Å². The van der Waals surface area contributed by atoms with Gasteiger partial charge in [0.1, 0.15) is 0 Å². The second-order valence-corrected chi connectivity index (χ2v) is 5.55. The minimum atomic E-state index is 0.677. The molecule has 1 aliphatic heterocycles. The molecule has 1 N–H and O–H groups in total. The molecule has 1 aromatic rings. The second-order valence-electron chi connectivity index (χ2n) is 5.55. The molecule has 1 fully saturated rings. The molecule has 4 heteroatoms. The molecule has 0 aromatic carbocycles. The molecule has 108 valence electrons. The number of aromatic nitrogens is 2. The number of likely N-dealkylation sites (N-methyl/N-ethyl adjacent to an activating group) is 1. The van der Waals surface area contributed by atoms with Crippen LogP contribution in [0, 0.1) is 0 Å². The first-order valence-electron chi connectivity index (χ1n) is 7.78. The van der Waals surface area contributed by atoms with Crippen LogP contribution in [0.5, 0.6) is 0 Å². The second kappa shape index (κ2) is 7.65. The first kappa shape index (κ1) is 14.5. The highest BCUT2D eigenvalue weighted by Gasteiger charge is 2.16. The lowest BCUT2D eigenvalue weighted by atomic mass is 10.0. The zero-order chi connectivity index (χ0) is 13.5. The van der Waals surface area contributed by atoms with Crippen LogP contribution in [0.25, 0.3) is 0 Å². The lowest BCUT2D eigenvalue weighted by Crippen LogP contribution is -2.43. The Morgan fingerprint density at radius 1 is 1.42 bits per heavy atom. The van der Waals surface area contributed by atoms with Gasteiger partial charge >= 0.3 is 0 Å². The first-order chi connectivity index (χ1) is 9.33. The molecule has 1 atom stereocenters. The molecule has 19 heavy (non-hydrogen) atoms. The van der Waals surface area contributed by atoms with E-state index in [-0.39, 0.29) is 0 Å². The highest BCUT2D eigenvalue weighted by Crippen LogP contribution is 2.11. The molecule has 0 bridgehead atoms. The van der Waals surface area contributed by atoms with E-state index in [9.17, 15) is 0 Å². The van der Waals surface area contributed by atoms with Crippen LogP contribution in [0.3, 0.4) is 0 Å². The highest BCUT2D eigenvalue weighted by atomic mass is 15.2. The Morgan fingerprint density at radius 3 is 3.00 bits per heavy atom. The molecule has 0 amide bonds. The zero-order valence-corrected chi connectivity index (χ0v) is 12.4. The maximum absolute atomic E-state index is 4.30. The number of hydrogen-bond acceptors (Lipinski definition) is 3. The van der Waals surface area contributed by atoms with Crippen LogP contribution in [-0.4, -0.2) is 40.1 Å². The molecule has 1 unspecified atom stereocenters. The summed E-state index contributed by atoms with van der Waals surface area (Å²) in [6.45, 7) is 10.0. The SMILES string of the molecule is CCCn1cncc1CN(CC)CC1CCCCN1. The summed E-state index contributed by atoms with van der Waals surface area (Å²) in [7, 11) is 0. The molecular formula is C15H28N4. The summed E-state index contributed by atoms with van der Waals surface area (Å²) in [6, 6.07) is 0.677. The molecule has 0 saturated carbocycles. The van der Waals surface area contributed by atoms with Gasteiger partial charge in [-0.3, -0.25) is 4.90 Å². The number of hydrogen-bond donors (Lipinski definition) is 1. The Labute approximate surface area is 117 Å². The van der Waals surface area contributed by atoms with Gasteiger partial charge in [-0.05, 0) is 32.4 Å². The van der Waals surface area contributed by atoms with Crippen LogP contribution < -0.4 is 5.32 Å². The Balaban J connectivity index is 1.88. The van der Waals surface area contributed by atoms with Crippen LogP contribution in [0.2, 0.25) is 0 Å². The summed E-state index contributed by atoms with van der Waals surface area (Å²) in [5.74, 6) is 0. The smallest absolute Gasteiger partial charge is 0.0948 e. The van der Waals surface area contributed by atoms with Gasteiger partial charge in [0.05, 0.1) is 12.0 Å². The predicted molar refractivity (Wildman–Crippen MR) is 79.1 cm³/mol. The van der Waals surface area contributed by atoms with Crippen molar-refractivity contribution < 1.29 is 0 Å². The average molecular weight is 264 g/mol. The third-order valence-electron chi connectivity index (χ3n) is 3.99. The normalized spacial score (nSPS) is 20.1. The largest absolute Gasteiger partial charge is 0.333 e. The van der Waals surface area contributed by atoms with E-state index in [2.05, 4.69) is 33.6 Å². The molecule has 2 rings (SSSR count). The van der Waals surface area contributed by atoms with Gasteiger partial charge in [-0.15, -0.1) is 0 Å². The standard InChI is InChI=1S/C15H28N4/c1-3-9-19-13-16-10-15(19)12-18(4-2)11-14-7-5-6-8-17-14/h10,13-14,17H,3-9,11-12H2,1-2H3. The number of imidazole rings is 1. The highest BCUT2D eigenvalue weighted by molar-refractivity contribution is 4.98. The van der Waals surface area contributed by atoms with Crippen molar-refractivity contribution in [3.63, 3.8) is 0 Å². The third-order valence-corrected chi connectivity index (χ3v) is 3.99. The van der Waals surface area contributed by atoms with Gasteiger partial charge in [-0.25, -0.2) is 4.98 Å². The summed E-state index contributed by atoms with van der Waals surface area (Å²) in [5.41, 5.74) is 1.35. The van der Waals surface area contributed by atoms with Crippen LogP contribution in [-0.2, 0) is 13.1 Å². The molecule has 0 aliphatic carbocycles. The van der Waals surface area contributed by atoms with Crippen molar-refractivity contribution in [1.29, 1.82) is 0 Å². The molecule has 1 aromatic heterocycles. The zero-order valence-electron chi connectivity index (χ0n) is 12.4. The maximum atomic E-state index is 4.30. The fraction of sp³-hybridized carbons (Fsp3) is 0.800. The van der Waals surface area contributed by atoms with E-state index >= 15 is 0 Å². The van der Waals surface area contributed by atoms with Gasteiger partial charge < -0.3 is 9.88 Å². The molecule has 4 nitrogen and oxygen atoms in total. The van der Waals surface area contributed by atoms with E-state index in [1.54, 1.807) is 0 Å². The average Bonchev–Trinajstić information content (AvgIpc) is 2.87. The van der Waals surface area contributed by atoms with E-state index in [1.165, 1.54) is 37.9 Å². The quantitative estimate of drug-likeness (QED) is 0.820. The lowest BCUT2D eigenvalue weighted by molar-refractivity contribution is 0.222. The van der Waals surface area contributed by atoms with Gasteiger partial charge in [0, 0.05) is 31.9 Å². The van der Waals surface area contributed by atoms with Gasteiger partial charge in [0.2, 0.25) is 0 Å². The molecule has 0 spiro atoms. The van der Waals surface area contributed by atoms with Crippen molar-refractivity contribution in [3.05, 3.63) is 18.2 Å². The summed E-state index contributed by atoms with van der Waals surface area (Å²) in [5, 5.41) is 3.64. The van der Waals surface area contributed by atoms with E-state index in [4.69, 9.17) is 0 Å². The maximum Gasteiger partial charge on any atom is 0.0948 e. The summed E-state index contributed by atoms with van der Waals surface area (Å²) in [6.07, 6.45) is 9.19. The predicted octanol–water partition coefficient (Wildman–Crippen LogP) is 2.26. The van der Waals surface area contributed by atoms with Crippen molar-refractivity contribution in [1.82, 2.24) is 19.8 Å². The fourth-order valence-electron chi connectivity index (χ4n) is 2.85. The van der Waals surface area contributed by atoms with Crippen LogP contribution in [0.15, 0.2) is 12.5 Å². The van der Waals surface area contributed by atoms with Crippen molar-refractivity contribution in [2.45, 2.75) is 58.7 Å². The Morgan fingerprint density at radius 2 is 2.32 bits per heavy atom. The third kappa shape index (κ3) is 4.32. The molecular weight excluding hydrogens is 236 g/mol. The number of piperidine rings is 1. The van der Waals surface area contributed by atoms with E-state index in [0.717, 1.165) is 26.2 Å². The van der Waals surface area contributed by atoms with E-state index in [1.807, 2.05) is 12.5 Å². The Bertz CT molecular complexity index is 355. The number of nitrogens with zero attached hydrogens (tertiary/aromatic N) is 3. The lowest BCUT2D eigenvalue weighted by Gasteiger charge is -2.30. The van der Waals surface area contributed by atoms with Crippen LogP contribution in [0.1, 0.15) is 45.2 Å². The minimum Gasteiger partial charge on any atom is -0.333 e. The molecule has 2 heterocycles. The van der Waals surface area contributed by atoms with Gasteiger partial charge in [0.25, 0.3) is 0 Å². The molecule has 1 saturated heterocycles. The van der Waals surface area contributed by atoms with Crippen molar-refractivity contribution in [2.75, 3.05) is 19.6 Å². The first-order valence-corrected chi connectivity index (χ1v) is 7.78. The Kier molecular flexibility index (Phi) is 5.86. The van der Waals surface area contributed by atoms with Gasteiger partial charge in [0.15, 0.2) is 0 Å². The van der Waals surface area contributed by atoms with E-state index < -0.39 is 0 Å². The summed E-state index contributed by atoms with van der Waals surface area (Å²) in [4.78, 5) is 6.83. The number of nitrogens with one attached hydrogen (secondary N) is 1. The summed E-state index contributed by atoms with van der Waals surface area (Å²) < 4.78 is 2.29. The van der Waals surface area contributed by atoms with Crippen LogP contribution in [0.4, 0.5) is 0 Å². The number of aryl methyl sites for hydroxylation is 1. The van der Waals surface area contributed by atoms with Crippen LogP contribution >= 0.6 is 0 Å². The molecule has 0 radical (unpaired) electrons. The van der Waals surface area contributed by atoms with Crippen molar-refractivity contribution in [3.8, 4) is 0 Å². The van der Waals surface area contributed by atoms with Crippen molar-refractivity contribution >= 4 is 0 Å². The molecule has 1 aliphatic rings. The summed E-state index contributed by atoms with van der Waals surface area (Å²) >= 11 is 0. The Hall–Kier alpha value is -0.870.